The summed E-state index contributed by atoms with van der Waals surface area (Å²) < 4.78 is 12.7. The number of rotatable bonds is 9. The number of ether oxygens (including phenoxy) is 2. The van der Waals surface area contributed by atoms with Crippen molar-refractivity contribution in [3.8, 4) is 17.2 Å². The number of pyridine rings is 1. The van der Waals surface area contributed by atoms with E-state index in [2.05, 4.69) is 10.5 Å². The van der Waals surface area contributed by atoms with E-state index in [0.717, 1.165) is 18.2 Å². The molecule has 0 spiro atoms. The molecule has 13 nitrogen and oxygen atoms in total. The van der Waals surface area contributed by atoms with Gasteiger partial charge < -0.3 is 14.0 Å². The molecule has 1 amide bonds. The molecular formula is C29H21N5O8. The van der Waals surface area contributed by atoms with Crippen LogP contribution in [0.5, 0.6) is 17.2 Å². The average molecular weight is 568 g/mol. The Hall–Kier alpha value is -6.11. The predicted molar refractivity (Wildman–Crippen MR) is 154 cm³/mol. The van der Waals surface area contributed by atoms with Crippen LogP contribution in [0, 0.1) is 20.2 Å². The fourth-order valence-corrected chi connectivity index (χ4v) is 4.42. The number of amides is 1. The van der Waals surface area contributed by atoms with E-state index in [0.29, 0.717) is 27.4 Å². The fraction of sp³-hybridized carbons (Fsp3) is 0.0690. The van der Waals surface area contributed by atoms with Crippen molar-refractivity contribution in [3.63, 3.8) is 0 Å². The molecule has 0 saturated heterocycles. The van der Waals surface area contributed by atoms with Gasteiger partial charge in [-0.2, -0.15) is 5.10 Å². The predicted octanol–water partition coefficient (Wildman–Crippen LogP) is 4.92. The van der Waals surface area contributed by atoms with Crippen molar-refractivity contribution in [1.29, 1.82) is 0 Å². The highest BCUT2D eigenvalue weighted by Crippen LogP contribution is 2.38. The summed E-state index contributed by atoms with van der Waals surface area (Å²) in [5.41, 5.74) is 3.09. The summed E-state index contributed by atoms with van der Waals surface area (Å²) in [4.78, 5) is 46.7. The number of benzene rings is 4. The maximum Gasteiger partial charge on any atom is 0.318 e. The summed E-state index contributed by atoms with van der Waals surface area (Å²) in [6.45, 7) is -0.0945. The number of nitro benzene ring substituents is 2. The van der Waals surface area contributed by atoms with Crippen LogP contribution in [0.3, 0.4) is 0 Å². The van der Waals surface area contributed by atoms with Gasteiger partial charge in [-0.05, 0) is 54.1 Å². The van der Waals surface area contributed by atoms with Crippen LogP contribution in [0.2, 0.25) is 0 Å². The molecule has 0 bridgehead atoms. The summed E-state index contributed by atoms with van der Waals surface area (Å²) in [6, 6.07) is 21.8. The molecule has 0 atom stereocenters. The number of nitro groups is 2. The number of fused-ring (bicyclic) bond motifs is 2. The number of aromatic nitrogens is 1. The summed E-state index contributed by atoms with van der Waals surface area (Å²) in [7, 11) is 1.37. The van der Waals surface area contributed by atoms with Gasteiger partial charge in [-0.1, -0.05) is 24.3 Å². The van der Waals surface area contributed by atoms with Crippen molar-refractivity contribution in [1.82, 2.24) is 9.99 Å². The van der Waals surface area contributed by atoms with Crippen LogP contribution in [-0.2, 0) is 11.3 Å². The number of methoxy groups -OCH3 is 1. The van der Waals surface area contributed by atoms with Crippen molar-refractivity contribution in [2.75, 3.05) is 7.11 Å². The lowest BCUT2D eigenvalue weighted by Gasteiger charge is -2.14. The van der Waals surface area contributed by atoms with Gasteiger partial charge in [-0.25, -0.2) is 5.43 Å². The van der Waals surface area contributed by atoms with Crippen LogP contribution >= 0.6 is 0 Å². The van der Waals surface area contributed by atoms with Crippen LogP contribution in [-0.4, -0.2) is 33.6 Å². The number of hydrogen-bond donors (Lipinski definition) is 1. The van der Waals surface area contributed by atoms with E-state index in [1.54, 1.807) is 59.2 Å². The monoisotopic (exact) mass is 567 g/mol. The standard InChI is InChI=1S/C29H21N5O8/c1-41-27-14-18(10-12-26(27)42-25-13-11-19(33(37)38)15-24(25)34(39)40)16-30-31-28(35)17-32-22-8-4-2-6-20(22)29(36)21-7-3-5-9-23(21)32/h2-16H,17H2,1H3,(H,31,35)/b30-16+. The Morgan fingerprint density at radius 3 is 2.14 bits per heavy atom. The third-order valence-corrected chi connectivity index (χ3v) is 6.34. The van der Waals surface area contributed by atoms with Gasteiger partial charge in [0.25, 0.3) is 11.6 Å². The Morgan fingerprint density at radius 1 is 0.881 bits per heavy atom. The minimum atomic E-state index is -0.780. The van der Waals surface area contributed by atoms with E-state index in [9.17, 15) is 29.8 Å². The molecule has 0 fully saturated rings. The third-order valence-electron chi connectivity index (χ3n) is 6.34. The van der Waals surface area contributed by atoms with E-state index in [1.807, 2.05) is 0 Å². The first-order valence-electron chi connectivity index (χ1n) is 12.4. The number of hydrazone groups is 1. The SMILES string of the molecule is COc1cc(/C=N/NC(=O)Cn2c3ccccc3c(=O)c3ccccc32)ccc1Oc1ccc([N+](=O)[O-])cc1[N+](=O)[O-]. The molecule has 0 radical (unpaired) electrons. The molecule has 0 saturated carbocycles. The van der Waals surface area contributed by atoms with Gasteiger partial charge in [0.05, 0.1) is 40.3 Å². The van der Waals surface area contributed by atoms with E-state index in [-0.39, 0.29) is 29.2 Å². The highest BCUT2D eigenvalue weighted by molar-refractivity contribution is 5.95. The zero-order chi connectivity index (χ0) is 29.8. The molecule has 0 aliphatic heterocycles. The first-order chi connectivity index (χ1) is 20.3. The molecule has 0 aliphatic carbocycles. The number of hydrogen-bond acceptors (Lipinski definition) is 9. The molecule has 1 N–H and O–H groups in total. The van der Waals surface area contributed by atoms with Crippen molar-refractivity contribution < 1.29 is 24.1 Å². The van der Waals surface area contributed by atoms with Gasteiger partial charge in [-0.15, -0.1) is 0 Å². The molecule has 1 heterocycles. The molecule has 0 unspecified atom stereocenters. The van der Waals surface area contributed by atoms with E-state index in [1.165, 1.54) is 25.5 Å². The van der Waals surface area contributed by atoms with E-state index < -0.39 is 27.1 Å². The third kappa shape index (κ3) is 5.47. The minimum Gasteiger partial charge on any atom is -0.493 e. The number of carbonyl (C=O) groups is 1. The molecule has 4 aromatic carbocycles. The molecule has 13 heteroatoms. The van der Waals surface area contributed by atoms with Gasteiger partial charge in [0, 0.05) is 16.8 Å². The first kappa shape index (κ1) is 27.5. The molecular weight excluding hydrogens is 546 g/mol. The second-order valence-electron chi connectivity index (χ2n) is 8.92. The maximum atomic E-state index is 12.9. The first-order valence-corrected chi connectivity index (χ1v) is 12.4. The lowest BCUT2D eigenvalue weighted by Crippen LogP contribution is -2.25. The van der Waals surface area contributed by atoms with E-state index >= 15 is 0 Å². The Balaban J connectivity index is 1.34. The number of nitrogens with one attached hydrogen (secondary N) is 1. The molecule has 210 valence electrons. The van der Waals surface area contributed by atoms with Crippen LogP contribution in [0.4, 0.5) is 11.4 Å². The maximum absolute atomic E-state index is 12.9. The van der Waals surface area contributed by atoms with Gasteiger partial charge in [0.1, 0.15) is 6.54 Å². The molecule has 5 rings (SSSR count). The van der Waals surface area contributed by atoms with E-state index in [4.69, 9.17) is 9.47 Å². The van der Waals surface area contributed by atoms with Crippen LogP contribution < -0.4 is 20.3 Å². The summed E-state index contributed by atoms with van der Waals surface area (Å²) in [6.07, 6.45) is 1.38. The smallest absolute Gasteiger partial charge is 0.318 e. The van der Waals surface area contributed by atoms with Gasteiger partial charge in [0.15, 0.2) is 16.9 Å². The largest absolute Gasteiger partial charge is 0.493 e. The quantitative estimate of drug-likeness (QED) is 0.113. The lowest BCUT2D eigenvalue weighted by molar-refractivity contribution is -0.394. The molecule has 42 heavy (non-hydrogen) atoms. The molecule has 5 aromatic rings. The Kier molecular flexibility index (Phi) is 7.55. The Bertz CT molecular complexity index is 1910. The highest BCUT2D eigenvalue weighted by atomic mass is 16.6. The lowest BCUT2D eigenvalue weighted by atomic mass is 10.1. The summed E-state index contributed by atoms with van der Waals surface area (Å²) in [5.74, 6) is -0.320. The van der Waals surface area contributed by atoms with Gasteiger partial charge in [-0.3, -0.25) is 29.8 Å². The zero-order valence-corrected chi connectivity index (χ0v) is 21.9. The van der Waals surface area contributed by atoms with Crippen molar-refractivity contribution in [3.05, 3.63) is 121 Å². The zero-order valence-electron chi connectivity index (χ0n) is 21.9. The second-order valence-corrected chi connectivity index (χ2v) is 8.92. The fourth-order valence-electron chi connectivity index (χ4n) is 4.42. The summed E-state index contributed by atoms with van der Waals surface area (Å²) in [5, 5.41) is 27.4. The van der Waals surface area contributed by atoms with Gasteiger partial charge >= 0.3 is 5.69 Å². The van der Waals surface area contributed by atoms with Crippen LogP contribution in [0.15, 0.2) is 94.8 Å². The number of carbonyl (C=O) groups excluding carboxylic acids is 1. The molecule has 1 aromatic heterocycles. The van der Waals surface area contributed by atoms with Gasteiger partial charge in [0.2, 0.25) is 5.75 Å². The Morgan fingerprint density at radius 2 is 1.52 bits per heavy atom. The van der Waals surface area contributed by atoms with Crippen LogP contribution in [0.1, 0.15) is 5.56 Å². The number of non-ortho nitro benzene ring substituents is 1. The average Bonchev–Trinajstić information content (AvgIpc) is 2.99. The number of para-hydroxylation sites is 2. The topological polar surface area (TPSA) is 168 Å². The Labute approximate surface area is 236 Å². The molecule has 0 aliphatic rings. The van der Waals surface area contributed by atoms with Crippen molar-refractivity contribution in [2.24, 2.45) is 5.10 Å². The number of nitrogens with zero attached hydrogens (tertiary/aromatic N) is 4. The highest BCUT2D eigenvalue weighted by Gasteiger charge is 2.22. The van der Waals surface area contributed by atoms with Crippen LogP contribution in [0.25, 0.3) is 21.8 Å². The summed E-state index contributed by atoms with van der Waals surface area (Å²) >= 11 is 0. The second kappa shape index (κ2) is 11.6. The normalized spacial score (nSPS) is 11.1. The van der Waals surface area contributed by atoms with Crippen molar-refractivity contribution >= 4 is 45.3 Å². The van der Waals surface area contributed by atoms with Crippen molar-refractivity contribution in [2.45, 2.75) is 6.54 Å². The minimum absolute atomic E-state index is 0.0945.